The molecule has 4 rings (SSSR count). The second-order valence-corrected chi connectivity index (χ2v) is 8.14. The van der Waals surface area contributed by atoms with Gasteiger partial charge in [-0.2, -0.15) is 0 Å². The Balaban J connectivity index is 1.32. The molecule has 29 heavy (non-hydrogen) atoms. The van der Waals surface area contributed by atoms with Crippen molar-refractivity contribution < 1.29 is 14.6 Å². The number of benzene rings is 3. The summed E-state index contributed by atoms with van der Waals surface area (Å²) in [7, 11) is 0. The maximum absolute atomic E-state index is 10.2. The summed E-state index contributed by atoms with van der Waals surface area (Å²) in [5.41, 5.74) is 2.92. The molecular formula is C24H22Cl2O3. The lowest BCUT2D eigenvalue weighted by molar-refractivity contribution is 0.153. The van der Waals surface area contributed by atoms with Crippen LogP contribution in [0.5, 0.6) is 11.5 Å². The average molecular weight is 429 g/mol. The van der Waals surface area contributed by atoms with E-state index in [2.05, 4.69) is 0 Å². The maximum Gasteiger partial charge on any atom is 0.120 e. The molecule has 3 aromatic carbocycles. The number of hydrogen-bond donors (Lipinski definition) is 1. The van der Waals surface area contributed by atoms with E-state index in [-0.39, 0.29) is 6.10 Å². The SMILES string of the molecule is OC(c1ccc(OCc2cccc(OCc3ccc(Cl)c(Cl)c3)c2)cc1)C1CC1. The highest BCUT2D eigenvalue weighted by Crippen LogP contribution is 2.41. The van der Waals surface area contributed by atoms with Crippen molar-refractivity contribution >= 4 is 23.2 Å². The summed E-state index contributed by atoms with van der Waals surface area (Å²) in [5.74, 6) is 1.97. The summed E-state index contributed by atoms with van der Waals surface area (Å²) in [6, 6.07) is 21.0. The van der Waals surface area contributed by atoms with Crippen molar-refractivity contribution in [3.8, 4) is 11.5 Å². The number of halogens is 2. The first-order valence-corrected chi connectivity index (χ1v) is 10.4. The largest absolute Gasteiger partial charge is 0.489 e. The molecule has 0 radical (unpaired) electrons. The molecular weight excluding hydrogens is 407 g/mol. The van der Waals surface area contributed by atoms with Gasteiger partial charge in [-0.3, -0.25) is 0 Å². The Morgan fingerprint density at radius 1 is 0.793 bits per heavy atom. The van der Waals surface area contributed by atoms with Crippen LogP contribution in [0.2, 0.25) is 10.0 Å². The molecule has 0 spiro atoms. The Morgan fingerprint density at radius 2 is 1.48 bits per heavy atom. The fraction of sp³-hybridized carbons (Fsp3) is 0.250. The van der Waals surface area contributed by atoms with Gasteiger partial charge >= 0.3 is 0 Å². The smallest absolute Gasteiger partial charge is 0.120 e. The van der Waals surface area contributed by atoms with E-state index in [1.165, 1.54) is 0 Å². The normalized spacial score (nSPS) is 14.4. The van der Waals surface area contributed by atoms with Gasteiger partial charge < -0.3 is 14.6 Å². The molecule has 1 unspecified atom stereocenters. The fourth-order valence-corrected chi connectivity index (χ4v) is 3.45. The summed E-state index contributed by atoms with van der Waals surface area (Å²) in [6.45, 7) is 0.848. The lowest BCUT2D eigenvalue weighted by Crippen LogP contribution is -2.00. The van der Waals surface area contributed by atoms with Gasteiger partial charge in [-0.15, -0.1) is 0 Å². The van der Waals surface area contributed by atoms with Crippen LogP contribution in [0.3, 0.4) is 0 Å². The first-order chi connectivity index (χ1) is 14.1. The van der Waals surface area contributed by atoms with Crippen LogP contribution in [0.4, 0.5) is 0 Å². The molecule has 0 aromatic heterocycles. The van der Waals surface area contributed by atoms with Crippen LogP contribution in [-0.2, 0) is 13.2 Å². The number of aliphatic hydroxyl groups excluding tert-OH is 1. The number of aliphatic hydroxyl groups is 1. The first kappa shape index (κ1) is 20.1. The Kier molecular flexibility index (Phi) is 6.29. The molecule has 1 saturated carbocycles. The number of hydrogen-bond acceptors (Lipinski definition) is 3. The van der Waals surface area contributed by atoms with E-state index in [0.717, 1.165) is 41.0 Å². The number of ether oxygens (including phenoxy) is 2. The third-order valence-corrected chi connectivity index (χ3v) is 5.72. The summed E-state index contributed by atoms with van der Waals surface area (Å²) >= 11 is 12.0. The lowest BCUT2D eigenvalue weighted by Gasteiger charge is -2.12. The van der Waals surface area contributed by atoms with Crippen LogP contribution in [0.25, 0.3) is 0 Å². The molecule has 0 saturated heterocycles. The minimum Gasteiger partial charge on any atom is -0.489 e. The van der Waals surface area contributed by atoms with Crippen LogP contribution >= 0.6 is 23.2 Å². The van der Waals surface area contributed by atoms with Gasteiger partial charge in [0.25, 0.3) is 0 Å². The van der Waals surface area contributed by atoms with E-state index < -0.39 is 0 Å². The topological polar surface area (TPSA) is 38.7 Å². The van der Waals surface area contributed by atoms with Crippen molar-refractivity contribution in [3.05, 3.63) is 93.5 Å². The third-order valence-electron chi connectivity index (χ3n) is 4.98. The highest BCUT2D eigenvalue weighted by molar-refractivity contribution is 6.42. The molecule has 0 aliphatic heterocycles. The van der Waals surface area contributed by atoms with Crippen LogP contribution in [0, 0.1) is 5.92 Å². The highest BCUT2D eigenvalue weighted by Gasteiger charge is 2.30. The van der Waals surface area contributed by atoms with Crippen molar-refractivity contribution in [1.82, 2.24) is 0 Å². The summed E-state index contributed by atoms with van der Waals surface area (Å²) < 4.78 is 11.7. The predicted octanol–water partition coefficient (Wildman–Crippen LogP) is 6.59. The molecule has 0 heterocycles. The Bertz CT molecular complexity index is 968. The quantitative estimate of drug-likeness (QED) is 0.439. The van der Waals surface area contributed by atoms with Gasteiger partial charge in [0.2, 0.25) is 0 Å². The zero-order valence-corrected chi connectivity index (χ0v) is 17.4. The molecule has 1 aliphatic carbocycles. The summed E-state index contributed by atoms with van der Waals surface area (Å²) in [5, 5.41) is 11.2. The Morgan fingerprint density at radius 3 is 2.17 bits per heavy atom. The van der Waals surface area contributed by atoms with Gasteiger partial charge in [-0.1, -0.05) is 53.5 Å². The average Bonchev–Trinajstić information content (AvgIpc) is 3.59. The van der Waals surface area contributed by atoms with Gasteiger partial charge in [-0.25, -0.2) is 0 Å². The zero-order valence-electron chi connectivity index (χ0n) is 15.9. The van der Waals surface area contributed by atoms with Gasteiger partial charge in [0, 0.05) is 0 Å². The van der Waals surface area contributed by atoms with Gasteiger partial charge in [0.05, 0.1) is 16.1 Å². The van der Waals surface area contributed by atoms with Crippen molar-refractivity contribution in [3.63, 3.8) is 0 Å². The summed E-state index contributed by atoms with van der Waals surface area (Å²) in [4.78, 5) is 0. The molecule has 5 heteroatoms. The van der Waals surface area contributed by atoms with E-state index in [1.807, 2.05) is 54.6 Å². The molecule has 1 N–H and O–H groups in total. The van der Waals surface area contributed by atoms with Crippen molar-refractivity contribution in [2.24, 2.45) is 5.92 Å². The molecule has 0 bridgehead atoms. The van der Waals surface area contributed by atoms with Crippen LogP contribution < -0.4 is 9.47 Å². The number of rotatable bonds is 8. The fourth-order valence-electron chi connectivity index (χ4n) is 3.13. The standard InChI is InChI=1S/C24H22Cl2O3/c25-22-11-4-17(13-23(22)26)15-29-21-3-1-2-16(12-21)14-28-20-9-7-19(8-10-20)24(27)18-5-6-18/h1-4,7-13,18,24,27H,5-6,14-15H2. The molecule has 3 aromatic rings. The molecule has 3 nitrogen and oxygen atoms in total. The minimum atomic E-state index is -0.353. The molecule has 150 valence electrons. The van der Waals surface area contributed by atoms with Gasteiger partial charge in [-0.05, 0) is 71.8 Å². The van der Waals surface area contributed by atoms with Crippen LogP contribution in [0.1, 0.15) is 35.6 Å². The lowest BCUT2D eigenvalue weighted by atomic mass is 10.1. The van der Waals surface area contributed by atoms with E-state index in [1.54, 1.807) is 12.1 Å². The summed E-state index contributed by atoms with van der Waals surface area (Å²) in [6.07, 6.45) is 1.87. The van der Waals surface area contributed by atoms with E-state index in [0.29, 0.717) is 29.2 Å². The second kappa shape index (κ2) is 9.08. The molecule has 0 amide bonds. The van der Waals surface area contributed by atoms with Crippen LogP contribution in [0.15, 0.2) is 66.7 Å². The highest BCUT2D eigenvalue weighted by atomic mass is 35.5. The first-order valence-electron chi connectivity index (χ1n) is 9.65. The second-order valence-electron chi connectivity index (χ2n) is 7.32. The predicted molar refractivity (Wildman–Crippen MR) is 116 cm³/mol. The van der Waals surface area contributed by atoms with Gasteiger partial charge in [0.1, 0.15) is 24.7 Å². The van der Waals surface area contributed by atoms with Gasteiger partial charge in [0.15, 0.2) is 0 Å². The Hall–Kier alpha value is -2.20. The maximum atomic E-state index is 10.2. The molecule has 1 aliphatic rings. The Labute approximate surface area is 180 Å². The monoisotopic (exact) mass is 428 g/mol. The van der Waals surface area contributed by atoms with E-state index in [4.69, 9.17) is 32.7 Å². The van der Waals surface area contributed by atoms with Crippen molar-refractivity contribution in [2.45, 2.75) is 32.2 Å². The van der Waals surface area contributed by atoms with Crippen LogP contribution in [-0.4, -0.2) is 5.11 Å². The molecule has 1 fully saturated rings. The van der Waals surface area contributed by atoms with Crippen molar-refractivity contribution in [1.29, 1.82) is 0 Å². The van der Waals surface area contributed by atoms with E-state index in [9.17, 15) is 5.11 Å². The molecule has 1 atom stereocenters. The van der Waals surface area contributed by atoms with Crippen molar-refractivity contribution in [2.75, 3.05) is 0 Å². The minimum absolute atomic E-state index is 0.353. The zero-order chi connectivity index (χ0) is 20.2. The third kappa shape index (κ3) is 5.45. The van der Waals surface area contributed by atoms with E-state index >= 15 is 0 Å².